The van der Waals surface area contributed by atoms with Crippen LogP contribution in [0.25, 0.3) is 0 Å². The summed E-state index contributed by atoms with van der Waals surface area (Å²) in [5.74, 6) is -5.45. The molecule has 1 amide bonds. The summed E-state index contributed by atoms with van der Waals surface area (Å²) >= 11 is 0. The van der Waals surface area contributed by atoms with Crippen LogP contribution in [-0.2, 0) is 25.4 Å². The average molecular weight is 318 g/mol. The molecule has 1 aliphatic heterocycles. The van der Waals surface area contributed by atoms with Crippen molar-refractivity contribution in [2.45, 2.75) is 13.1 Å². The highest BCUT2D eigenvalue weighted by molar-refractivity contribution is 6.72. The molecule has 0 unspecified atom stereocenters. The van der Waals surface area contributed by atoms with Gasteiger partial charge in [0.25, 0.3) is 11.7 Å². The first-order chi connectivity index (χ1) is 10.1. The van der Waals surface area contributed by atoms with Gasteiger partial charge >= 0.3 is 12.1 Å². The van der Waals surface area contributed by atoms with E-state index in [0.29, 0.717) is 6.07 Å². The monoisotopic (exact) mass is 318 g/mol. The van der Waals surface area contributed by atoms with Gasteiger partial charge in [0.15, 0.2) is 5.71 Å². The Morgan fingerprint density at radius 1 is 1.27 bits per heavy atom. The van der Waals surface area contributed by atoms with E-state index in [1.165, 1.54) is 0 Å². The Bertz CT molecular complexity index is 725. The Hall–Kier alpha value is -2.78. The number of alkyl halides is 3. The molecule has 0 spiro atoms. The van der Waals surface area contributed by atoms with Gasteiger partial charge in [0.05, 0.1) is 5.69 Å². The summed E-state index contributed by atoms with van der Waals surface area (Å²) in [4.78, 5) is 37.9. The molecule has 0 atom stereocenters. The van der Waals surface area contributed by atoms with Gasteiger partial charge < -0.3 is 10.2 Å². The fourth-order valence-electron chi connectivity index (χ4n) is 1.80. The SMILES string of the molecule is CC(=O)ON=C1C(=O)C(=O)Nc2ccc(F)c(C(F)(F)F)c21. The van der Waals surface area contributed by atoms with Crippen LogP contribution in [0.3, 0.4) is 0 Å². The van der Waals surface area contributed by atoms with Crippen LogP contribution in [0.5, 0.6) is 0 Å². The number of hydrogen-bond donors (Lipinski definition) is 1. The number of oxime groups is 1. The van der Waals surface area contributed by atoms with E-state index >= 15 is 0 Å². The molecular weight excluding hydrogens is 312 g/mol. The van der Waals surface area contributed by atoms with Crippen LogP contribution in [0.15, 0.2) is 17.3 Å². The van der Waals surface area contributed by atoms with E-state index in [2.05, 4.69) is 9.99 Å². The number of fused-ring (bicyclic) bond motifs is 1. The number of carbonyl (C=O) groups excluding carboxylic acids is 3. The van der Waals surface area contributed by atoms with Crippen LogP contribution >= 0.6 is 0 Å². The number of halogens is 4. The van der Waals surface area contributed by atoms with Crippen molar-refractivity contribution in [2.75, 3.05) is 5.32 Å². The Balaban J connectivity index is 2.77. The highest BCUT2D eigenvalue weighted by Gasteiger charge is 2.44. The maximum absolute atomic E-state index is 13.6. The molecule has 1 aromatic carbocycles. The summed E-state index contributed by atoms with van der Waals surface area (Å²) in [5, 5.41) is 4.85. The Morgan fingerprint density at radius 3 is 2.45 bits per heavy atom. The zero-order valence-electron chi connectivity index (χ0n) is 10.7. The van der Waals surface area contributed by atoms with Crippen molar-refractivity contribution in [3.63, 3.8) is 0 Å². The third-order valence-electron chi connectivity index (χ3n) is 2.61. The van der Waals surface area contributed by atoms with Crippen LogP contribution in [0.2, 0.25) is 0 Å². The minimum Gasteiger partial charge on any atom is -0.318 e. The minimum atomic E-state index is -5.16. The standard InChI is InChI=1S/C12H6F4N2O4/c1-4(19)22-18-9-7-6(17-11(21)10(9)20)3-2-5(13)8(7)12(14,15)16/h2-3H,1H3,(H,17,21). The van der Waals surface area contributed by atoms with Crippen molar-refractivity contribution in [1.82, 2.24) is 0 Å². The smallest absolute Gasteiger partial charge is 0.318 e. The van der Waals surface area contributed by atoms with Gasteiger partial charge in [-0.15, -0.1) is 0 Å². The second-order valence-electron chi connectivity index (χ2n) is 4.15. The zero-order chi connectivity index (χ0) is 16.7. The number of carbonyl (C=O) groups is 3. The van der Waals surface area contributed by atoms with Gasteiger partial charge in [-0.3, -0.25) is 9.59 Å². The molecule has 1 aromatic rings. The van der Waals surface area contributed by atoms with Gasteiger partial charge in [-0.05, 0) is 12.1 Å². The first-order valence-corrected chi connectivity index (χ1v) is 5.64. The third kappa shape index (κ3) is 2.67. The highest BCUT2D eigenvalue weighted by atomic mass is 19.4. The highest BCUT2D eigenvalue weighted by Crippen LogP contribution is 2.38. The van der Waals surface area contributed by atoms with Crippen LogP contribution in [-0.4, -0.2) is 23.4 Å². The predicted octanol–water partition coefficient (Wildman–Crippen LogP) is 1.63. The van der Waals surface area contributed by atoms with E-state index in [-0.39, 0.29) is 0 Å². The molecule has 0 fully saturated rings. The number of amides is 1. The van der Waals surface area contributed by atoms with E-state index in [1.54, 1.807) is 0 Å². The molecule has 1 aliphatic rings. The zero-order valence-corrected chi connectivity index (χ0v) is 10.7. The fourth-order valence-corrected chi connectivity index (χ4v) is 1.80. The van der Waals surface area contributed by atoms with Crippen molar-refractivity contribution in [3.05, 3.63) is 29.1 Å². The Kier molecular flexibility index (Phi) is 3.69. The number of rotatable bonds is 1. The Morgan fingerprint density at radius 2 is 1.91 bits per heavy atom. The van der Waals surface area contributed by atoms with E-state index < -0.39 is 52.2 Å². The number of Topliss-reactive ketones (excluding diaryl/α,β-unsaturated/α-hetero) is 1. The molecule has 0 saturated carbocycles. The van der Waals surface area contributed by atoms with Gasteiger partial charge in [0, 0.05) is 12.5 Å². The molecule has 0 radical (unpaired) electrons. The fraction of sp³-hybridized carbons (Fsp3) is 0.167. The lowest BCUT2D eigenvalue weighted by Gasteiger charge is -2.21. The largest absolute Gasteiger partial charge is 0.419 e. The first kappa shape index (κ1) is 15.6. The third-order valence-corrected chi connectivity index (χ3v) is 2.61. The molecule has 1 heterocycles. The molecule has 0 bridgehead atoms. The normalized spacial score (nSPS) is 16.3. The molecule has 0 aliphatic carbocycles. The second-order valence-corrected chi connectivity index (χ2v) is 4.15. The topological polar surface area (TPSA) is 84.8 Å². The lowest BCUT2D eigenvalue weighted by Crippen LogP contribution is -2.38. The van der Waals surface area contributed by atoms with Gasteiger partial charge in [-0.2, -0.15) is 13.2 Å². The summed E-state index contributed by atoms with van der Waals surface area (Å²) in [6, 6.07) is 1.33. The summed E-state index contributed by atoms with van der Waals surface area (Å²) < 4.78 is 52.6. The van der Waals surface area contributed by atoms with Crippen LogP contribution in [0, 0.1) is 5.82 Å². The number of benzene rings is 1. The Labute approximate surface area is 119 Å². The van der Waals surface area contributed by atoms with Crippen molar-refractivity contribution >= 4 is 29.1 Å². The minimum absolute atomic E-state index is 0.468. The molecule has 116 valence electrons. The van der Waals surface area contributed by atoms with Gasteiger partial charge in [0.1, 0.15) is 11.4 Å². The van der Waals surface area contributed by atoms with Crippen molar-refractivity contribution in [2.24, 2.45) is 5.16 Å². The lowest BCUT2D eigenvalue weighted by molar-refractivity contribution is -0.141. The molecule has 0 saturated heterocycles. The molecule has 2 rings (SSSR count). The van der Waals surface area contributed by atoms with Crippen molar-refractivity contribution in [3.8, 4) is 0 Å². The van der Waals surface area contributed by atoms with E-state index in [0.717, 1.165) is 13.0 Å². The van der Waals surface area contributed by atoms with Gasteiger partial charge in [-0.25, -0.2) is 9.18 Å². The maximum Gasteiger partial charge on any atom is 0.419 e. The maximum atomic E-state index is 13.6. The van der Waals surface area contributed by atoms with Crippen molar-refractivity contribution < 1.29 is 36.8 Å². The molecule has 1 N–H and O–H groups in total. The number of nitrogens with one attached hydrogen (secondary N) is 1. The lowest BCUT2D eigenvalue weighted by atomic mass is 9.94. The summed E-state index contributed by atoms with van der Waals surface area (Å²) in [7, 11) is 0. The second kappa shape index (κ2) is 5.20. The number of hydrogen-bond acceptors (Lipinski definition) is 5. The number of nitrogens with zero attached hydrogens (tertiary/aromatic N) is 1. The molecule has 22 heavy (non-hydrogen) atoms. The number of anilines is 1. The molecule has 0 aromatic heterocycles. The number of ketones is 1. The quantitative estimate of drug-likeness (QED) is 0.369. The van der Waals surface area contributed by atoms with Crippen molar-refractivity contribution in [1.29, 1.82) is 0 Å². The summed E-state index contributed by atoms with van der Waals surface area (Å²) in [5.41, 5.74) is -4.34. The van der Waals surface area contributed by atoms with E-state index in [1.807, 2.05) is 5.32 Å². The van der Waals surface area contributed by atoms with Gasteiger partial charge in [-0.1, -0.05) is 5.16 Å². The van der Waals surface area contributed by atoms with Crippen LogP contribution in [0.1, 0.15) is 18.1 Å². The van der Waals surface area contributed by atoms with Crippen LogP contribution < -0.4 is 5.32 Å². The molecule has 10 heteroatoms. The van der Waals surface area contributed by atoms with E-state index in [9.17, 15) is 31.9 Å². The predicted molar refractivity (Wildman–Crippen MR) is 63.3 cm³/mol. The average Bonchev–Trinajstić information content (AvgIpc) is 2.38. The first-order valence-electron chi connectivity index (χ1n) is 5.64. The molecule has 6 nitrogen and oxygen atoms in total. The van der Waals surface area contributed by atoms with Crippen LogP contribution in [0.4, 0.5) is 23.2 Å². The summed E-state index contributed by atoms with van der Waals surface area (Å²) in [6.45, 7) is 0.884. The summed E-state index contributed by atoms with van der Waals surface area (Å²) in [6.07, 6.45) is -5.16. The molecular formula is C12H6F4N2O4. The van der Waals surface area contributed by atoms with E-state index in [4.69, 9.17) is 0 Å². The van der Waals surface area contributed by atoms with Gasteiger partial charge in [0.2, 0.25) is 0 Å².